The SMILES string of the molecule is NCCc1ccccc1Sc1ccncn1. The van der Waals surface area contributed by atoms with Gasteiger partial charge in [0.05, 0.1) is 0 Å². The van der Waals surface area contributed by atoms with Crippen molar-refractivity contribution in [2.45, 2.75) is 16.3 Å². The number of hydrogen-bond acceptors (Lipinski definition) is 4. The van der Waals surface area contributed by atoms with E-state index >= 15 is 0 Å². The van der Waals surface area contributed by atoms with Crippen molar-refractivity contribution < 1.29 is 0 Å². The third-order valence-corrected chi connectivity index (χ3v) is 3.22. The minimum absolute atomic E-state index is 0.668. The summed E-state index contributed by atoms with van der Waals surface area (Å²) in [6, 6.07) is 10.2. The molecule has 4 heteroatoms. The summed E-state index contributed by atoms with van der Waals surface area (Å²) in [7, 11) is 0. The van der Waals surface area contributed by atoms with Crippen LogP contribution >= 0.6 is 11.8 Å². The third-order valence-electron chi connectivity index (χ3n) is 2.16. The second kappa shape index (κ2) is 5.63. The van der Waals surface area contributed by atoms with Crippen LogP contribution in [0.5, 0.6) is 0 Å². The van der Waals surface area contributed by atoms with Crippen LogP contribution in [0.25, 0.3) is 0 Å². The van der Waals surface area contributed by atoms with Crippen molar-refractivity contribution >= 4 is 11.8 Å². The molecule has 82 valence electrons. The Labute approximate surface area is 99.1 Å². The smallest absolute Gasteiger partial charge is 0.116 e. The lowest BCUT2D eigenvalue weighted by Gasteiger charge is -2.06. The summed E-state index contributed by atoms with van der Waals surface area (Å²) < 4.78 is 0. The van der Waals surface area contributed by atoms with Crippen LogP contribution in [0, 0.1) is 0 Å². The maximum atomic E-state index is 5.59. The molecule has 0 unspecified atom stereocenters. The molecule has 0 saturated carbocycles. The van der Waals surface area contributed by atoms with E-state index in [-0.39, 0.29) is 0 Å². The van der Waals surface area contributed by atoms with Gasteiger partial charge in [-0.05, 0) is 30.7 Å². The van der Waals surface area contributed by atoms with Gasteiger partial charge in [0.15, 0.2) is 0 Å². The van der Waals surface area contributed by atoms with Crippen molar-refractivity contribution in [1.82, 2.24) is 9.97 Å². The number of nitrogens with zero attached hydrogens (tertiary/aromatic N) is 2. The van der Waals surface area contributed by atoms with Crippen LogP contribution in [0.3, 0.4) is 0 Å². The minimum atomic E-state index is 0.668. The molecule has 1 aromatic carbocycles. The van der Waals surface area contributed by atoms with Crippen molar-refractivity contribution in [1.29, 1.82) is 0 Å². The number of rotatable bonds is 4. The first-order valence-electron chi connectivity index (χ1n) is 5.12. The fourth-order valence-corrected chi connectivity index (χ4v) is 2.32. The Bertz CT molecular complexity index is 445. The van der Waals surface area contributed by atoms with Crippen molar-refractivity contribution in [3.63, 3.8) is 0 Å². The quantitative estimate of drug-likeness (QED) is 0.819. The molecule has 0 bridgehead atoms. The summed E-state index contributed by atoms with van der Waals surface area (Å²) in [4.78, 5) is 9.31. The highest BCUT2D eigenvalue weighted by molar-refractivity contribution is 7.99. The van der Waals surface area contributed by atoms with E-state index in [9.17, 15) is 0 Å². The first-order chi connectivity index (χ1) is 7.90. The van der Waals surface area contributed by atoms with E-state index < -0.39 is 0 Å². The Morgan fingerprint density at radius 2 is 2.06 bits per heavy atom. The molecule has 3 nitrogen and oxygen atoms in total. The van der Waals surface area contributed by atoms with Crippen LogP contribution in [0.4, 0.5) is 0 Å². The molecule has 0 aliphatic rings. The molecule has 16 heavy (non-hydrogen) atoms. The molecular formula is C12H13N3S. The summed E-state index contributed by atoms with van der Waals surface area (Å²) >= 11 is 1.65. The number of nitrogens with two attached hydrogens (primary N) is 1. The van der Waals surface area contributed by atoms with E-state index in [0.29, 0.717) is 6.54 Å². The summed E-state index contributed by atoms with van der Waals surface area (Å²) in [6.45, 7) is 0.668. The molecule has 2 aromatic rings. The number of hydrogen-bond donors (Lipinski definition) is 1. The largest absolute Gasteiger partial charge is 0.330 e. The van der Waals surface area contributed by atoms with Crippen molar-refractivity contribution in [3.8, 4) is 0 Å². The second-order valence-electron chi connectivity index (χ2n) is 3.30. The third kappa shape index (κ3) is 2.81. The fourth-order valence-electron chi connectivity index (χ4n) is 1.42. The topological polar surface area (TPSA) is 51.8 Å². The van der Waals surface area contributed by atoms with E-state index in [0.717, 1.165) is 11.4 Å². The zero-order valence-corrected chi connectivity index (χ0v) is 9.65. The molecule has 0 fully saturated rings. The standard InChI is InChI=1S/C12H13N3S/c13-7-5-10-3-1-2-4-11(10)16-12-6-8-14-9-15-12/h1-4,6,8-9H,5,7,13H2. The zero-order chi connectivity index (χ0) is 11.2. The average molecular weight is 231 g/mol. The lowest BCUT2D eigenvalue weighted by molar-refractivity contribution is 0.943. The van der Waals surface area contributed by atoms with Crippen LogP contribution in [0.15, 0.2) is 52.8 Å². The summed E-state index contributed by atoms with van der Waals surface area (Å²) in [5, 5.41) is 0.958. The van der Waals surface area contributed by atoms with Crippen molar-refractivity contribution in [2.75, 3.05) is 6.54 Å². The monoisotopic (exact) mass is 231 g/mol. The van der Waals surface area contributed by atoms with Crippen LogP contribution in [-0.2, 0) is 6.42 Å². The van der Waals surface area contributed by atoms with Gasteiger partial charge in [0.2, 0.25) is 0 Å². The normalized spacial score (nSPS) is 10.3. The Hall–Kier alpha value is -1.39. The summed E-state index contributed by atoms with van der Waals surface area (Å²) in [6.07, 6.45) is 4.21. The van der Waals surface area contributed by atoms with Gasteiger partial charge in [0, 0.05) is 11.1 Å². The Kier molecular flexibility index (Phi) is 3.91. The molecule has 0 saturated heterocycles. The zero-order valence-electron chi connectivity index (χ0n) is 8.84. The minimum Gasteiger partial charge on any atom is -0.330 e. The van der Waals surface area contributed by atoms with E-state index in [1.807, 2.05) is 18.2 Å². The van der Waals surface area contributed by atoms with Gasteiger partial charge < -0.3 is 5.73 Å². The molecule has 0 radical (unpaired) electrons. The van der Waals surface area contributed by atoms with Gasteiger partial charge in [-0.15, -0.1) is 0 Å². The first-order valence-corrected chi connectivity index (χ1v) is 5.93. The van der Waals surface area contributed by atoms with Crippen LogP contribution < -0.4 is 5.73 Å². The number of aromatic nitrogens is 2. The van der Waals surface area contributed by atoms with Crippen LogP contribution in [-0.4, -0.2) is 16.5 Å². The predicted molar refractivity (Wildman–Crippen MR) is 65.4 cm³/mol. The Morgan fingerprint density at radius 3 is 2.81 bits per heavy atom. The maximum absolute atomic E-state index is 5.59. The molecular weight excluding hydrogens is 218 g/mol. The van der Waals surface area contributed by atoms with Gasteiger partial charge in [-0.2, -0.15) is 0 Å². The van der Waals surface area contributed by atoms with E-state index in [1.165, 1.54) is 10.5 Å². The fraction of sp³-hybridized carbons (Fsp3) is 0.167. The predicted octanol–water partition coefficient (Wildman–Crippen LogP) is 2.13. The first kappa shape index (κ1) is 11.1. The van der Waals surface area contributed by atoms with Crippen molar-refractivity contribution in [2.24, 2.45) is 5.73 Å². The maximum Gasteiger partial charge on any atom is 0.116 e. The van der Waals surface area contributed by atoms with Gasteiger partial charge >= 0.3 is 0 Å². The highest BCUT2D eigenvalue weighted by Crippen LogP contribution is 2.28. The highest BCUT2D eigenvalue weighted by Gasteiger charge is 2.03. The lowest BCUT2D eigenvalue weighted by Crippen LogP contribution is -2.03. The lowest BCUT2D eigenvalue weighted by atomic mass is 10.1. The molecule has 0 aliphatic carbocycles. The van der Waals surface area contributed by atoms with E-state index in [1.54, 1.807) is 24.3 Å². The molecule has 0 atom stereocenters. The van der Waals surface area contributed by atoms with Gasteiger partial charge in [0.1, 0.15) is 11.4 Å². The van der Waals surface area contributed by atoms with Crippen molar-refractivity contribution in [3.05, 3.63) is 48.4 Å². The molecule has 1 heterocycles. The van der Waals surface area contributed by atoms with Crippen LogP contribution in [0.1, 0.15) is 5.56 Å². The van der Waals surface area contributed by atoms with Gasteiger partial charge in [-0.1, -0.05) is 30.0 Å². The second-order valence-corrected chi connectivity index (χ2v) is 4.36. The van der Waals surface area contributed by atoms with E-state index in [2.05, 4.69) is 22.1 Å². The van der Waals surface area contributed by atoms with Gasteiger partial charge in [0.25, 0.3) is 0 Å². The molecule has 2 N–H and O–H groups in total. The van der Waals surface area contributed by atoms with Gasteiger partial charge in [-0.25, -0.2) is 9.97 Å². The summed E-state index contributed by atoms with van der Waals surface area (Å²) in [5.74, 6) is 0. The average Bonchev–Trinajstić information content (AvgIpc) is 2.33. The molecule has 0 spiro atoms. The number of benzene rings is 1. The van der Waals surface area contributed by atoms with E-state index in [4.69, 9.17) is 5.73 Å². The molecule has 1 aromatic heterocycles. The van der Waals surface area contributed by atoms with Crippen LogP contribution in [0.2, 0.25) is 0 Å². The molecule has 0 amide bonds. The van der Waals surface area contributed by atoms with Gasteiger partial charge in [-0.3, -0.25) is 0 Å². The Morgan fingerprint density at radius 1 is 1.19 bits per heavy atom. The molecule has 0 aliphatic heterocycles. The highest BCUT2D eigenvalue weighted by atomic mass is 32.2. The molecule has 2 rings (SSSR count). The summed E-state index contributed by atoms with van der Waals surface area (Å²) in [5.41, 5.74) is 6.86. The Balaban J connectivity index is 2.21.